The second kappa shape index (κ2) is 4.29. The van der Waals surface area contributed by atoms with Gasteiger partial charge in [0.05, 0.1) is 7.11 Å². The molecule has 0 unspecified atom stereocenters. The molecule has 1 rings (SSSR count). The molecule has 0 spiro atoms. The van der Waals surface area contributed by atoms with E-state index < -0.39 is 17.8 Å². The molecular weight excluding hydrogens is 330 g/mol. The van der Waals surface area contributed by atoms with Gasteiger partial charge in [0, 0.05) is 6.07 Å². The molecule has 1 heterocycles. The van der Waals surface area contributed by atoms with Gasteiger partial charge in [-0.05, 0) is 22.6 Å². The quantitative estimate of drug-likeness (QED) is 0.840. The summed E-state index contributed by atoms with van der Waals surface area (Å²) in [4.78, 5) is 13.0. The zero-order valence-electron chi connectivity index (χ0n) is 7.31. The third-order valence-electron chi connectivity index (χ3n) is 1.36. The molecule has 0 aliphatic carbocycles. The summed E-state index contributed by atoms with van der Waals surface area (Å²) in [5.74, 6) is -0.677. The van der Waals surface area contributed by atoms with Crippen LogP contribution in [0.1, 0.15) is 0 Å². The van der Waals surface area contributed by atoms with Crippen molar-refractivity contribution < 1.29 is 22.6 Å². The number of ether oxygens (including phenoxy) is 2. The lowest BCUT2D eigenvalue weighted by molar-refractivity contribution is -0.276. The fourth-order valence-corrected chi connectivity index (χ4v) is 1.34. The van der Waals surface area contributed by atoms with Gasteiger partial charge in [-0.25, -0.2) is 0 Å². The largest absolute Gasteiger partial charge is 0.574 e. The minimum atomic E-state index is -4.85. The van der Waals surface area contributed by atoms with Crippen LogP contribution in [-0.4, -0.2) is 18.5 Å². The van der Waals surface area contributed by atoms with E-state index in [0.29, 0.717) is 0 Å². The van der Waals surface area contributed by atoms with E-state index in [4.69, 9.17) is 4.74 Å². The highest BCUT2D eigenvalue weighted by Gasteiger charge is 2.32. The number of pyridine rings is 1. The molecule has 8 heteroatoms. The highest BCUT2D eigenvalue weighted by atomic mass is 127. The Hall–Kier alpha value is -0.930. The lowest BCUT2D eigenvalue weighted by Crippen LogP contribution is -2.21. The van der Waals surface area contributed by atoms with E-state index in [2.05, 4.69) is 4.74 Å². The van der Waals surface area contributed by atoms with E-state index in [1.54, 1.807) is 22.6 Å². The van der Waals surface area contributed by atoms with Crippen molar-refractivity contribution in [2.24, 2.45) is 0 Å². The van der Waals surface area contributed by atoms with Crippen LogP contribution in [0.2, 0.25) is 0 Å². The standard InChI is InChI=1S/C7H5F3INO3/c1-14-3-2-4(15-7(8,9)10)12-6(13)5(3)11/h2H,1H3,(H,12,13). The van der Waals surface area contributed by atoms with Crippen molar-refractivity contribution in [3.63, 3.8) is 0 Å². The highest BCUT2D eigenvalue weighted by Crippen LogP contribution is 2.25. The maximum atomic E-state index is 11.8. The van der Waals surface area contributed by atoms with Crippen LogP contribution >= 0.6 is 22.6 Å². The Kier molecular flexibility index (Phi) is 3.47. The third-order valence-corrected chi connectivity index (χ3v) is 2.38. The Labute approximate surface area is 95.5 Å². The topological polar surface area (TPSA) is 51.3 Å². The number of H-pyrrole nitrogens is 1. The molecule has 84 valence electrons. The van der Waals surface area contributed by atoms with Gasteiger partial charge < -0.3 is 9.47 Å². The van der Waals surface area contributed by atoms with Crippen molar-refractivity contribution in [1.29, 1.82) is 0 Å². The zero-order valence-corrected chi connectivity index (χ0v) is 9.47. The Morgan fingerprint density at radius 1 is 1.47 bits per heavy atom. The van der Waals surface area contributed by atoms with Crippen molar-refractivity contribution in [3.8, 4) is 11.6 Å². The molecule has 0 aliphatic rings. The van der Waals surface area contributed by atoms with Gasteiger partial charge in [0.25, 0.3) is 5.56 Å². The molecule has 0 saturated heterocycles. The van der Waals surface area contributed by atoms with Gasteiger partial charge in [-0.1, -0.05) is 0 Å². The van der Waals surface area contributed by atoms with Crippen LogP contribution in [0.25, 0.3) is 0 Å². The number of alkyl halides is 3. The lowest BCUT2D eigenvalue weighted by Gasteiger charge is -2.09. The fraction of sp³-hybridized carbons (Fsp3) is 0.286. The first-order valence-electron chi connectivity index (χ1n) is 3.56. The highest BCUT2D eigenvalue weighted by molar-refractivity contribution is 14.1. The van der Waals surface area contributed by atoms with Crippen LogP contribution in [0.3, 0.4) is 0 Å². The molecule has 1 N–H and O–H groups in total. The summed E-state index contributed by atoms with van der Waals surface area (Å²) in [6.45, 7) is 0. The molecule has 0 bridgehead atoms. The summed E-state index contributed by atoms with van der Waals surface area (Å²) in [6, 6.07) is 0.955. The van der Waals surface area contributed by atoms with E-state index in [-0.39, 0.29) is 9.32 Å². The first-order chi connectivity index (χ1) is 6.83. The van der Waals surface area contributed by atoms with Gasteiger partial charge in [0.15, 0.2) is 0 Å². The van der Waals surface area contributed by atoms with Gasteiger partial charge in [-0.15, -0.1) is 13.2 Å². The molecule has 1 aromatic heterocycles. The normalized spacial score (nSPS) is 11.3. The number of nitrogens with one attached hydrogen (secondary N) is 1. The Balaban J connectivity index is 3.12. The van der Waals surface area contributed by atoms with E-state index in [1.165, 1.54) is 7.11 Å². The minimum absolute atomic E-state index is 0.0265. The lowest BCUT2D eigenvalue weighted by atomic mass is 10.4. The molecule has 0 amide bonds. The maximum Gasteiger partial charge on any atom is 0.574 e. The second-order valence-electron chi connectivity index (χ2n) is 2.39. The van der Waals surface area contributed by atoms with E-state index in [1.807, 2.05) is 4.98 Å². The van der Waals surface area contributed by atoms with Crippen molar-refractivity contribution in [3.05, 3.63) is 20.0 Å². The monoisotopic (exact) mass is 335 g/mol. The Bertz CT molecular complexity index is 415. The predicted octanol–water partition coefficient (Wildman–Crippen LogP) is 1.89. The molecule has 0 aromatic carbocycles. The van der Waals surface area contributed by atoms with Crippen LogP contribution in [0.4, 0.5) is 13.2 Å². The van der Waals surface area contributed by atoms with E-state index in [0.717, 1.165) is 6.07 Å². The number of aromatic amines is 1. The van der Waals surface area contributed by atoms with Crippen molar-refractivity contribution >= 4 is 22.6 Å². The van der Waals surface area contributed by atoms with Crippen LogP contribution in [-0.2, 0) is 0 Å². The first-order valence-corrected chi connectivity index (χ1v) is 4.64. The predicted molar refractivity (Wildman–Crippen MR) is 53.0 cm³/mol. The molecule has 0 saturated carbocycles. The number of methoxy groups -OCH3 is 1. The van der Waals surface area contributed by atoms with Gasteiger partial charge >= 0.3 is 6.36 Å². The summed E-state index contributed by atoms with van der Waals surface area (Å²) in [5, 5.41) is 0. The minimum Gasteiger partial charge on any atom is -0.495 e. The first kappa shape index (κ1) is 12.1. The number of hydrogen-bond acceptors (Lipinski definition) is 3. The van der Waals surface area contributed by atoms with Gasteiger partial charge in [0.2, 0.25) is 5.88 Å². The molecule has 0 atom stereocenters. The third kappa shape index (κ3) is 3.29. The van der Waals surface area contributed by atoms with E-state index >= 15 is 0 Å². The van der Waals surface area contributed by atoms with E-state index in [9.17, 15) is 18.0 Å². The van der Waals surface area contributed by atoms with Crippen molar-refractivity contribution in [2.45, 2.75) is 6.36 Å². The molecule has 0 fully saturated rings. The number of rotatable bonds is 2. The Morgan fingerprint density at radius 2 is 2.07 bits per heavy atom. The SMILES string of the molecule is COc1cc(OC(F)(F)F)[nH]c(=O)c1I. The average Bonchev–Trinajstić information content (AvgIpc) is 2.08. The molecule has 0 radical (unpaired) electrons. The number of halogens is 4. The fourth-order valence-electron chi connectivity index (χ4n) is 0.825. The van der Waals surface area contributed by atoms with Crippen LogP contribution in [0, 0.1) is 3.57 Å². The van der Waals surface area contributed by atoms with Gasteiger partial charge in [-0.3, -0.25) is 9.78 Å². The van der Waals surface area contributed by atoms with Crippen molar-refractivity contribution in [2.75, 3.05) is 7.11 Å². The number of hydrogen-bond donors (Lipinski definition) is 1. The molecular formula is C7H5F3INO3. The van der Waals surface area contributed by atoms with Crippen molar-refractivity contribution in [1.82, 2.24) is 4.98 Å². The van der Waals surface area contributed by atoms with Crippen LogP contribution < -0.4 is 15.0 Å². The van der Waals surface area contributed by atoms with Gasteiger partial charge in [-0.2, -0.15) is 0 Å². The van der Waals surface area contributed by atoms with Crippen LogP contribution in [0.5, 0.6) is 11.6 Å². The zero-order chi connectivity index (χ0) is 11.6. The smallest absolute Gasteiger partial charge is 0.495 e. The maximum absolute atomic E-state index is 11.8. The summed E-state index contributed by atoms with van der Waals surface area (Å²) < 4.78 is 43.9. The summed E-state index contributed by atoms with van der Waals surface area (Å²) in [5.41, 5.74) is -0.700. The molecule has 15 heavy (non-hydrogen) atoms. The summed E-state index contributed by atoms with van der Waals surface area (Å²) in [7, 11) is 1.24. The average molecular weight is 335 g/mol. The summed E-state index contributed by atoms with van der Waals surface area (Å²) in [6.07, 6.45) is -4.85. The second-order valence-corrected chi connectivity index (χ2v) is 3.47. The van der Waals surface area contributed by atoms with Gasteiger partial charge in [0.1, 0.15) is 9.32 Å². The Morgan fingerprint density at radius 3 is 2.53 bits per heavy atom. The number of aromatic nitrogens is 1. The molecule has 0 aliphatic heterocycles. The summed E-state index contributed by atoms with van der Waals surface area (Å²) >= 11 is 1.65. The molecule has 4 nitrogen and oxygen atoms in total. The molecule has 1 aromatic rings. The van der Waals surface area contributed by atoms with Crippen LogP contribution in [0.15, 0.2) is 10.9 Å².